The Morgan fingerprint density at radius 2 is 2.18 bits per heavy atom. The molecule has 2 fully saturated rings. The Balaban J connectivity index is 1.44. The highest BCUT2D eigenvalue weighted by molar-refractivity contribution is 5.67. The van der Waals surface area contributed by atoms with E-state index in [1.54, 1.807) is 0 Å². The van der Waals surface area contributed by atoms with Crippen LogP contribution in [0.3, 0.4) is 0 Å². The van der Waals surface area contributed by atoms with E-state index in [0.717, 1.165) is 55.1 Å². The van der Waals surface area contributed by atoms with Crippen LogP contribution in [-0.2, 0) is 4.74 Å². The lowest BCUT2D eigenvalue weighted by Gasteiger charge is -2.19. The Labute approximate surface area is 164 Å². The van der Waals surface area contributed by atoms with Gasteiger partial charge in [0.2, 0.25) is 0 Å². The van der Waals surface area contributed by atoms with Crippen molar-refractivity contribution in [1.82, 2.24) is 25.4 Å². The van der Waals surface area contributed by atoms with Crippen molar-refractivity contribution in [3.05, 3.63) is 35.8 Å². The number of H-pyrrole nitrogens is 1. The number of aromatic amines is 1. The van der Waals surface area contributed by atoms with Crippen LogP contribution < -0.4 is 10.6 Å². The van der Waals surface area contributed by atoms with Crippen molar-refractivity contribution in [3.63, 3.8) is 0 Å². The quantitative estimate of drug-likeness (QED) is 0.648. The number of carbonyl (C=O) groups is 1. The van der Waals surface area contributed by atoms with Gasteiger partial charge in [-0.15, -0.1) is 0 Å². The average Bonchev–Trinajstić information content (AvgIpc) is 3.40. The van der Waals surface area contributed by atoms with Crippen LogP contribution in [0.15, 0.2) is 24.4 Å². The summed E-state index contributed by atoms with van der Waals surface area (Å²) in [5.74, 6) is 1.53. The van der Waals surface area contributed by atoms with Gasteiger partial charge >= 0.3 is 6.09 Å². The second-order valence-corrected chi connectivity index (χ2v) is 8.28. The molecule has 1 unspecified atom stereocenters. The van der Waals surface area contributed by atoms with Gasteiger partial charge < -0.3 is 15.4 Å². The molecule has 1 saturated heterocycles. The molecule has 4 atom stereocenters. The lowest BCUT2D eigenvalue weighted by atomic mass is 10.0. The van der Waals surface area contributed by atoms with E-state index in [2.05, 4.69) is 49.9 Å². The smallest absolute Gasteiger partial charge is 0.407 e. The molecule has 1 amide bonds. The van der Waals surface area contributed by atoms with E-state index in [0.29, 0.717) is 18.4 Å². The van der Waals surface area contributed by atoms with Gasteiger partial charge in [0, 0.05) is 42.7 Å². The second kappa shape index (κ2) is 7.09. The van der Waals surface area contributed by atoms with Gasteiger partial charge in [-0.2, -0.15) is 5.10 Å². The van der Waals surface area contributed by atoms with E-state index in [4.69, 9.17) is 4.74 Å². The summed E-state index contributed by atoms with van der Waals surface area (Å²) in [6.45, 7) is 1.57. The number of fused-ring (bicyclic) bond motifs is 10. The molecule has 1 saturated carbocycles. The normalized spacial score (nSPS) is 30.2. The number of carbonyl (C=O) groups excluding carboxylic acids is 1. The summed E-state index contributed by atoms with van der Waals surface area (Å²) in [7, 11) is 2.11. The Morgan fingerprint density at radius 3 is 3.11 bits per heavy atom. The number of amides is 1. The number of anilines is 2. The molecule has 148 valence electrons. The minimum atomic E-state index is -0.298. The molecule has 2 aromatic heterocycles. The Morgan fingerprint density at radius 1 is 1.25 bits per heavy atom. The van der Waals surface area contributed by atoms with E-state index in [-0.39, 0.29) is 18.2 Å². The van der Waals surface area contributed by atoms with Crippen molar-refractivity contribution >= 4 is 17.6 Å². The molecule has 8 nitrogen and oxygen atoms in total. The van der Waals surface area contributed by atoms with Gasteiger partial charge in [0.05, 0.1) is 11.7 Å². The van der Waals surface area contributed by atoms with Crippen LogP contribution in [0.4, 0.5) is 16.3 Å². The highest BCUT2D eigenvalue weighted by Gasteiger charge is 2.33. The van der Waals surface area contributed by atoms with Gasteiger partial charge in [-0.05, 0) is 50.8 Å². The summed E-state index contributed by atoms with van der Waals surface area (Å²) in [5.41, 5.74) is 3.12. The van der Waals surface area contributed by atoms with E-state index in [1.165, 1.54) is 0 Å². The lowest BCUT2D eigenvalue weighted by molar-refractivity contribution is 0.0990. The van der Waals surface area contributed by atoms with Crippen LogP contribution in [0.5, 0.6) is 0 Å². The number of hydrogen-bond donors (Lipinski definition) is 3. The fraction of sp³-hybridized carbons (Fsp3) is 0.550. The highest BCUT2D eigenvalue weighted by Crippen LogP contribution is 2.37. The zero-order valence-electron chi connectivity index (χ0n) is 16.0. The summed E-state index contributed by atoms with van der Waals surface area (Å²) in [5, 5.41) is 13.9. The highest BCUT2D eigenvalue weighted by atomic mass is 16.6. The van der Waals surface area contributed by atoms with Crippen LogP contribution in [0.1, 0.15) is 49.0 Å². The van der Waals surface area contributed by atoms with Crippen molar-refractivity contribution < 1.29 is 9.53 Å². The third kappa shape index (κ3) is 3.44. The molecule has 2 aromatic rings. The number of nitrogens with one attached hydrogen (secondary N) is 3. The largest absolute Gasteiger partial charge is 0.446 e. The van der Waals surface area contributed by atoms with Gasteiger partial charge in [0.1, 0.15) is 6.10 Å². The third-order valence-corrected chi connectivity index (χ3v) is 6.26. The van der Waals surface area contributed by atoms with Crippen molar-refractivity contribution in [2.24, 2.45) is 5.92 Å². The number of rotatable bonds is 0. The Bertz CT molecular complexity index is 868. The van der Waals surface area contributed by atoms with Crippen molar-refractivity contribution in [1.29, 1.82) is 0 Å². The molecule has 5 rings (SSSR count). The van der Waals surface area contributed by atoms with Crippen molar-refractivity contribution in [3.8, 4) is 0 Å². The van der Waals surface area contributed by atoms with Gasteiger partial charge in [0.15, 0.2) is 5.82 Å². The summed E-state index contributed by atoms with van der Waals surface area (Å²) in [6.07, 6.45) is 5.20. The number of aromatic nitrogens is 3. The molecule has 8 heteroatoms. The summed E-state index contributed by atoms with van der Waals surface area (Å²) >= 11 is 0. The number of likely N-dealkylation sites (tertiary alicyclic amines) is 1. The SMILES string of the molecule is CN1CC2CNC(=O)O[C@@H]3CC[C@@H](C3)c3cc(n[nH]3)Nc3ccnc(c3)[C@H]1C2. The van der Waals surface area contributed by atoms with Crippen LogP contribution in [-0.4, -0.2) is 52.4 Å². The van der Waals surface area contributed by atoms with Crippen LogP contribution >= 0.6 is 0 Å². The lowest BCUT2D eigenvalue weighted by Crippen LogP contribution is -2.33. The maximum absolute atomic E-state index is 12.3. The number of pyridine rings is 1. The van der Waals surface area contributed by atoms with Gasteiger partial charge in [0.25, 0.3) is 0 Å². The fourth-order valence-electron chi connectivity index (χ4n) is 4.82. The molecule has 8 bridgehead atoms. The molecule has 28 heavy (non-hydrogen) atoms. The Hall–Kier alpha value is -2.61. The fourth-order valence-corrected chi connectivity index (χ4v) is 4.82. The van der Waals surface area contributed by atoms with E-state index >= 15 is 0 Å². The van der Waals surface area contributed by atoms with Crippen molar-refractivity contribution in [2.75, 3.05) is 25.5 Å². The standard InChI is InChI=1S/C20H26N6O2/c1-26-11-12-6-18(26)17-8-14(4-5-21-17)23-19-9-16(24-25-19)13-2-3-15(7-13)28-20(27)22-10-12/h4-5,8-9,12-13,15,18H,2-3,6-7,10-11H2,1H3,(H,22,27)(H2,23,24,25)/t12?,13-,15+,18+/m0/s1. The molecule has 3 N–H and O–H groups in total. The topological polar surface area (TPSA) is 95.2 Å². The zero-order chi connectivity index (χ0) is 19.1. The van der Waals surface area contributed by atoms with E-state index in [1.807, 2.05) is 12.3 Å². The van der Waals surface area contributed by atoms with Crippen molar-refractivity contribution in [2.45, 2.75) is 43.7 Å². The molecular formula is C20H26N6O2. The number of alkyl carbamates (subject to hydrolysis) is 1. The maximum atomic E-state index is 12.3. The van der Waals surface area contributed by atoms with E-state index in [9.17, 15) is 4.79 Å². The van der Waals surface area contributed by atoms with Gasteiger partial charge in [-0.3, -0.25) is 15.0 Å². The molecule has 3 aliphatic rings. The summed E-state index contributed by atoms with van der Waals surface area (Å²) in [6, 6.07) is 6.37. The molecule has 0 radical (unpaired) electrons. The first-order valence-electron chi connectivity index (χ1n) is 10.1. The number of hydrogen-bond acceptors (Lipinski definition) is 6. The molecule has 0 aromatic carbocycles. The monoisotopic (exact) mass is 382 g/mol. The van der Waals surface area contributed by atoms with Gasteiger partial charge in [-0.1, -0.05) is 0 Å². The molecule has 2 aliphatic heterocycles. The molecule has 0 spiro atoms. The molecule has 1 aliphatic carbocycles. The number of ether oxygens (including phenoxy) is 1. The van der Waals surface area contributed by atoms with Crippen LogP contribution in [0, 0.1) is 5.92 Å². The first-order valence-corrected chi connectivity index (χ1v) is 10.1. The van der Waals surface area contributed by atoms with Gasteiger partial charge in [-0.25, -0.2) is 4.79 Å². The average molecular weight is 382 g/mol. The maximum Gasteiger partial charge on any atom is 0.407 e. The number of nitrogens with zero attached hydrogens (tertiary/aromatic N) is 3. The summed E-state index contributed by atoms with van der Waals surface area (Å²) in [4.78, 5) is 19.2. The second-order valence-electron chi connectivity index (χ2n) is 8.28. The predicted octanol–water partition coefficient (Wildman–Crippen LogP) is 2.92. The van der Waals surface area contributed by atoms with E-state index < -0.39 is 0 Å². The predicted molar refractivity (Wildman–Crippen MR) is 104 cm³/mol. The van der Waals surface area contributed by atoms with Crippen LogP contribution in [0.2, 0.25) is 0 Å². The first-order chi connectivity index (χ1) is 13.6. The zero-order valence-corrected chi connectivity index (χ0v) is 16.0. The van der Waals surface area contributed by atoms with Crippen LogP contribution in [0.25, 0.3) is 0 Å². The molecular weight excluding hydrogens is 356 g/mol. The Kier molecular flexibility index (Phi) is 4.43. The third-order valence-electron chi connectivity index (χ3n) is 6.26. The minimum Gasteiger partial charge on any atom is -0.446 e. The minimum absolute atomic E-state index is 0.0291. The summed E-state index contributed by atoms with van der Waals surface area (Å²) < 4.78 is 5.66. The molecule has 4 heterocycles. The first kappa shape index (κ1) is 17.5.